The third-order valence-electron chi connectivity index (χ3n) is 4.84. The fraction of sp³-hybridized carbons (Fsp3) is 0.526. The molecule has 1 N–H and O–H groups in total. The molecule has 2 heterocycles. The number of rotatable bonds is 5. The first-order valence-corrected chi connectivity index (χ1v) is 8.62. The predicted molar refractivity (Wildman–Crippen MR) is 94.0 cm³/mol. The van der Waals surface area contributed by atoms with E-state index in [1.165, 1.54) is 12.8 Å². The summed E-state index contributed by atoms with van der Waals surface area (Å²) in [4.78, 5) is 14.6. The number of hydrogen-bond donors (Lipinski definition) is 1. The summed E-state index contributed by atoms with van der Waals surface area (Å²) in [6.07, 6.45) is 4.22. The zero-order chi connectivity index (χ0) is 16.9. The number of nitrogens with zero attached hydrogens (tertiary/aromatic N) is 1. The summed E-state index contributed by atoms with van der Waals surface area (Å²) in [5.41, 5.74) is 1.90. The molecule has 24 heavy (non-hydrogen) atoms. The quantitative estimate of drug-likeness (QED) is 0.840. The van der Waals surface area contributed by atoms with E-state index in [1.807, 2.05) is 31.2 Å². The molecule has 2 unspecified atom stereocenters. The maximum Gasteiger partial charge on any atom is 0.244 e. The number of methoxy groups -OCH3 is 1. The first kappa shape index (κ1) is 17.0. The summed E-state index contributed by atoms with van der Waals surface area (Å²) in [6.45, 7) is 5.36. The Labute approximate surface area is 143 Å². The van der Waals surface area contributed by atoms with Crippen LogP contribution in [0.5, 0.6) is 5.75 Å². The van der Waals surface area contributed by atoms with E-state index in [4.69, 9.17) is 9.47 Å². The molecule has 0 radical (unpaired) electrons. The van der Waals surface area contributed by atoms with E-state index >= 15 is 0 Å². The van der Waals surface area contributed by atoms with Gasteiger partial charge in [0.1, 0.15) is 5.75 Å². The molecule has 3 rings (SSSR count). The lowest BCUT2D eigenvalue weighted by Crippen LogP contribution is -2.49. The van der Waals surface area contributed by atoms with Crippen molar-refractivity contribution in [3.8, 4) is 5.75 Å². The third kappa shape index (κ3) is 4.16. The molecule has 1 aromatic rings. The molecule has 1 aromatic carbocycles. The summed E-state index contributed by atoms with van der Waals surface area (Å²) in [7, 11) is 1.64. The van der Waals surface area contributed by atoms with Gasteiger partial charge in [-0.2, -0.15) is 0 Å². The van der Waals surface area contributed by atoms with Crippen molar-refractivity contribution < 1.29 is 14.3 Å². The lowest BCUT2D eigenvalue weighted by atomic mass is 10.1. The first-order valence-electron chi connectivity index (χ1n) is 8.62. The molecule has 5 nitrogen and oxygen atoms in total. The zero-order valence-electron chi connectivity index (χ0n) is 14.5. The lowest BCUT2D eigenvalue weighted by Gasteiger charge is -2.35. The van der Waals surface area contributed by atoms with E-state index in [1.54, 1.807) is 13.2 Å². The monoisotopic (exact) mass is 330 g/mol. The second-order valence-corrected chi connectivity index (χ2v) is 6.55. The molecule has 2 saturated heterocycles. The number of carbonyl (C=O) groups excluding carboxylic acids is 1. The Kier molecular flexibility index (Phi) is 5.53. The van der Waals surface area contributed by atoms with Gasteiger partial charge in [0, 0.05) is 25.2 Å². The van der Waals surface area contributed by atoms with E-state index < -0.39 is 0 Å². The van der Waals surface area contributed by atoms with Crippen LogP contribution < -0.4 is 10.1 Å². The van der Waals surface area contributed by atoms with Crippen molar-refractivity contribution in [2.75, 3.05) is 33.4 Å². The van der Waals surface area contributed by atoms with Gasteiger partial charge in [0.05, 0.1) is 19.8 Å². The molecule has 0 aromatic heterocycles. The summed E-state index contributed by atoms with van der Waals surface area (Å²) < 4.78 is 11.1. The zero-order valence-corrected chi connectivity index (χ0v) is 14.5. The topological polar surface area (TPSA) is 50.8 Å². The second kappa shape index (κ2) is 7.81. The number of allylic oxidation sites excluding steroid dienone is 1. The Morgan fingerprint density at radius 1 is 1.50 bits per heavy atom. The maximum absolute atomic E-state index is 12.2. The van der Waals surface area contributed by atoms with Gasteiger partial charge in [0.15, 0.2) is 0 Å². The standard InChI is InChI=1S/C19H26N2O3/c1-14(15-5-3-7-17(10-15)23-2)9-19(22)20-11-18-12-21-8-4-6-16(21)13-24-18/h3,5,7,9-10,16,18H,4,6,8,11-13H2,1-2H3,(H,20,22)/b14-9+. The van der Waals surface area contributed by atoms with Crippen molar-refractivity contribution in [3.63, 3.8) is 0 Å². The van der Waals surface area contributed by atoms with E-state index in [2.05, 4.69) is 10.2 Å². The second-order valence-electron chi connectivity index (χ2n) is 6.55. The summed E-state index contributed by atoms with van der Waals surface area (Å²) >= 11 is 0. The minimum absolute atomic E-state index is 0.0811. The number of benzene rings is 1. The normalized spacial score (nSPS) is 24.5. The Morgan fingerprint density at radius 2 is 2.38 bits per heavy atom. The molecule has 2 atom stereocenters. The van der Waals surface area contributed by atoms with E-state index in [-0.39, 0.29) is 12.0 Å². The lowest BCUT2D eigenvalue weighted by molar-refractivity contribution is -0.118. The van der Waals surface area contributed by atoms with Gasteiger partial charge in [-0.25, -0.2) is 0 Å². The highest BCUT2D eigenvalue weighted by Gasteiger charge is 2.32. The highest BCUT2D eigenvalue weighted by atomic mass is 16.5. The molecule has 2 fully saturated rings. The number of morpholine rings is 1. The van der Waals surface area contributed by atoms with E-state index in [0.29, 0.717) is 12.6 Å². The van der Waals surface area contributed by atoms with Crippen molar-refractivity contribution in [3.05, 3.63) is 35.9 Å². The smallest absolute Gasteiger partial charge is 0.244 e. The molecule has 0 aliphatic carbocycles. The summed E-state index contributed by atoms with van der Waals surface area (Å²) in [5.74, 6) is 0.707. The van der Waals surface area contributed by atoms with Crippen molar-refractivity contribution in [2.24, 2.45) is 0 Å². The minimum Gasteiger partial charge on any atom is -0.497 e. The number of ether oxygens (including phenoxy) is 2. The van der Waals surface area contributed by atoms with E-state index in [9.17, 15) is 4.79 Å². The third-order valence-corrected chi connectivity index (χ3v) is 4.84. The van der Waals surface area contributed by atoms with Crippen LogP contribution in [-0.2, 0) is 9.53 Å². The Bertz CT molecular complexity index is 614. The van der Waals surface area contributed by atoms with Crippen LogP contribution in [0.2, 0.25) is 0 Å². The number of carbonyl (C=O) groups is 1. The van der Waals surface area contributed by atoms with Crippen LogP contribution in [0.3, 0.4) is 0 Å². The van der Waals surface area contributed by atoms with Gasteiger partial charge >= 0.3 is 0 Å². The number of hydrogen-bond acceptors (Lipinski definition) is 4. The van der Waals surface area contributed by atoms with Gasteiger partial charge in [0.2, 0.25) is 5.91 Å². The van der Waals surface area contributed by atoms with Crippen LogP contribution in [0.15, 0.2) is 30.3 Å². The molecule has 130 valence electrons. The average Bonchev–Trinajstić information content (AvgIpc) is 3.07. The molecule has 0 saturated carbocycles. The molecule has 2 aliphatic heterocycles. The van der Waals surface area contributed by atoms with E-state index in [0.717, 1.165) is 36.6 Å². The Balaban J connectivity index is 1.51. The summed E-state index contributed by atoms with van der Waals surface area (Å²) in [6, 6.07) is 8.30. The maximum atomic E-state index is 12.2. The minimum atomic E-state index is -0.0811. The summed E-state index contributed by atoms with van der Waals surface area (Å²) in [5, 5.41) is 2.96. The number of amides is 1. The van der Waals surface area contributed by atoms with Gasteiger partial charge in [-0.05, 0) is 49.6 Å². The van der Waals surface area contributed by atoms with Crippen LogP contribution in [-0.4, -0.2) is 56.3 Å². The van der Waals surface area contributed by atoms with Crippen LogP contribution >= 0.6 is 0 Å². The van der Waals surface area contributed by atoms with Gasteiger partial charge < -0.3 is 14.8 Å². The SMILES string of the molecule is COc1cccc(/C(C)=C/C(=O)NCC2CN3CCCC3CO2)c1. The number of nitrogens with one attached hydrogen (secondary N) is 1. The molecule has 0 spiro atoms. The fourth-order valence-electron chi connectivity index (χ4n) is 3.42. The van der Waals surface area contributed by atoms with Gasteiger partial charge in [-0.3, -0.25) is 9.69 Å². The highest BCUT2D eigenvalue weighted by Crippen LogP contribution is 2.22. The molecular formula is C19H26N2O3. The fourth-order valence-corrected chi connectivity index (χ4v) is 3.42. The van der Waals surface area contributed by atoms with Crippen molar-refractivity contribution in [1.29, 1.82) is 0 Å². The largest absolute Gasteiger partial charge is 0.497 e. The van der Waals surface area contributed by atoms with Gasteiger partial charge in [-0.15, -0.1) is 0 Å². The van der Waals surface area contributed by atoms with Crippen LogP contribution in [0.1, 0.15) is 25.3 Å². The van der Waals surface area contributed by atoms with Gasteiger partial charge in [0.25, 0.3) is 0 Å². The van der Waals surface area contributed by atoms with Gasteiger partial charge in [-0.1, -0.05) is 12.1 Å². The van der Waals surface area contributed by atoms with Crippen molar-refractivity contribution in [2.45, 2.75) is 31.9 Å². The van der Waals surface area contributed by atoms with Crippen molar-refractivity contribution >= 4 is 11.5 Å². The Hall–Kier alpha value is -1.85. The molecule has 1 amide bonds. The van der Waals surface area contributed by atoms with Crippen LogP contribution in [0.4, 0.5) is 0 Å². The molecule has 0 bridgehead atoms. The average molecular weight is 330 g/mol. The van der Waals surface area contributed by atoms with Crippen molar-refractivity contribution in [1.82, 2.24) is 10.2 Å². The first-order chi connectivity index (χ1) is 11.7. The molecule has 5 heteroatoms. The van der Waals surface area contributed by atoms with Crippen LogP contribution in [0.25, 0.3) is 5.57 Å². The highest BCUT2D eigenvalue weighted by molar-refractivity contribution is 5.94. The molecule has 2 aliphatic rings. The molecular weight excluding hydrogens is 304 g/mol. The van der Waals surface area contributed by atoms with Crippen LogP contribution in [0, 0.1) is 0 Å². The Morgan fingerprint density at radius 3 is 3.21 bits per heavy atom. The number of fused-ring (bicyclic) bond motifs is 1. The predicted octanol–water partition coefficient (Wildman–Crippen LogP) is 2.08.